The van der Waals surface area contributed by atoms with Crippen LogP contribution in [-0.4, -0.2) is 25.1 Å². The maximum atomic E-state index is 11.4. The molecule has 0 saturated heterocycles. The molecule has 0 radical (unpaired) electrons. The molecule has 2 aromatic rings. The van der Waals surface area contributed by atoms with E-state index in [-0.39, 0.29) is 0 Å². The Hall–Kier alpha value is -2.31. The van der Waals surface area contributed by atoms with Crippen molar-refractivity contribution in [3.8, 4) is 0 Å². The number of anilines is 3. The normalized spacial score (nSPS) is 10.0. The van der Waals surface area contributed by atoms with Gasteiger partial charge in [0.05, 0.1) is 11.3 Å². The lowest BCUT2D eigenvalue weighted by Gasteiger charge is -2.16. The minimum atomic E-state index is -0.520. The smallest absolute Gasteiger partial charge is 0.250 e. The van der Waals surface area contributed by atoms with Crippen LogP contribution in [0.3, 0.4) is 0 Å². The van der Waals surface area contributed by atoms with Gasteiger partial charge in [-0.1, -0.05) is 23.7 Å². The summed E-state index contributed by atoms with van der Waals surface area (Å²) in [5, 5.41) is 6.96. The van der Waals surface area contributed by atoms with E-state index in [0.29, 0.717) is 21.4 Å². The first kappa shape index (κ1) is 17.1. The van der Waals surface area contributed by atoms with E-state index in [2.05, 4.69) is 10.6 Å². The minimum absolute atomic E-state index is 0.339. The maximum absolute atomic E-state index is 11.4. The van der Waals surface area contributed by atoms with Gasteiger partial charge in [-0.3, -0.25) is 4.79 Å². The van der Waals surface area contributed by atoms with Gasteiger partial charge in [-0.15, -0.1) is 0 Å². The predicted molar refractivity (Wildman–Crippen MR) is 101 cm³/mol. The number of rotatable bonds is 4. The zero-order chi connectivity index (χ0) is 17.0. The standard InChI is InChI=1S/C16H17ClN4OS/c1-21(2)12-8-10(17)7-11(9-12)19-16(23)20-14-6-4-3-5-13(14)15(18)22/h3-9H,1-2H3,(H2,18,22)(H2,19,20,23). The summed E-state index contributed by atoms with van der Waals surface area (Å²) < 4.78 is 0. The van der Waals surface area contributed by atoms with E-state index in [1.807, 2.05) is 31.1 Å². The first-order valence-electron chi connectivity index (χ1n) is 6.81. The van der Waals surface area contributed by atoms with Gasteiger partial charge in [-0.25, -0.2) is 0 Å². The number of nitrogens with two attached hydrogens (primary N) is 1. The first-order chi connectivity index (χ1) is 10.9. The molecule has 0 unspecified atom stereocenters. The van der Waals surface area contributed by atoms with Crippen LogP contribution in [0.4, 0.5) is 17.1 Å². The molecule has 0 heterocycles. The monoisotopic (exact) mass is 348 g/mol. The number of hydrogen-bond acceptors (Lipinski definition) is 3. The third-order valence-corrected chi connectivity index (χ3v) is 3.52. The van der Waals surface area contributed by atoms with E-state index in [9.17, 15) is 4.79 Å². The van der Waals surface area contributed by atoms with Gasteiger partial charge in [0.25, 0.3) is 5.91 Å². The van der Waals surface area contributed by atoms with E-state index < -0.39 is 5.91 Å². The van der Waals surface area contributed by atoms with E-state index in [4.69, 9.17) is 29.6 Å². The average molecular weight is 349 g/mol. The minimum Gasteiger partial charge on any atom is -0.378 e. The molecule has 5 nitrogen and oxygen atoms in total. The molecular formula is C16H17ClN4OS. The van der Waals surface area contributed by atoms with Crippen molar-refractivity contribution in [1.29, 1.82) is 0 Å². The zero-order valence-electron chi connectivity index (χ0n) is 12.8. The fraction of sp³-hybridized carbons (Fsp3) is 0.125. The Morgan fingerprint density at radius 3 is 2.52 bits per heavy atom. The number of nitrogens with zero attached hydrogens (tertiary/aromatic N) is 1. The summed E-state index contributed by atoms with van der Waals surface area (Å²) in [5.74, 6) is -0.520. The fourth-order valence-electron chi connectivity index (χ4n) is 2.00. The summed E-state index contributed by atoms with van der Waals surface area (Å²) >= 11 is 11.4. The molecule has 7 heteroatoms. The van der Waals surface area contributed by atoms with Crippen LogP contribution in [0.2, 0.25) is 5.02 Å². The molecule has 2 aromatic carbocycles. The van der Waals surface area contributed by atoms with E-state index in [1.165, 1.54) is 0 Å². The Labute approximate surface area is 145 Å². The molecule has 0 aliphatic heterocycles. The van der Waals surface area contributed by atoms with Crippen molar-refractivity contribution in [3.05, 3.63) is 53.1 Å². The third kappa shape index (κ3) is 4.58. The molecule has 1 amide bonds. The van der Waals surface area contributed by atoms with Gasteiger partial charge in [-0.05, 0) is 42.5 Å². The number of hydrogen-bond donors (Lipinski definition) is 3. The number of amides is 1. The Morgan fingerprint density at radius 2 is 1.87 bits per heavy atom. The number of benzene rings is 2. The van der Waals surface area contributed by atoms with Crippen LogP contribution in [0.25, 0.3) is 0 Å². The largest absolute Gasteiger partial charge is 0.378 e. The summed E-state index contributed by atoms with van der Waals surface area (Å²) in [6, 6.07) is 12.4. The summed E-state index contributed by atoms with van der Waals surface area (Å²) in [4.78, 5) is 13.4. The van der Waals surface area contributed by atoms with Gasteiger partial charge in [-0.2, -0.15) is 0 Å². The van der Waals surface area contributed by atoms with E-state index in [0.717, 1.165) is 11.4 Å². The molecule has 0 bridgehead atoms. The number of para-hydroxylation sites is 1. The molecule has 0 atom stereocenters. The molecule has 4 N–H and O–H groups in total. The molecule has 120 valence electrons. The second-order valence-corrected chi connectivity index (χ2v) is 5.93. The van der Waals surface area contributed by atoms with Crippen LogP contribution in [0, 0.1) is 0 Å². The van der Waals surface area contributed by atoms with Crippen LogP contribution in [0.5, 0.6) is 0 Å². The number of carbonyl (C=O) groups excluding carboxylic acids is 1. The number of carbonyl (C=O) groups is 1. The van der Waals surface area contributed by atoms with Crippen molar-refractivity contribution in [1.82, 2.24) is 0 Å². The van der Waals surface area contributed by atoms with Crippen LogP contribution in [-0.2, 0) is 0 Å². The molecule has 0 saturated carbocycles. The quantitative estimate of drug-likeness (QED) is 0.739. The molecule has 0 aliphatic rings. The Kier molecular flexibility index (Phi) is 5.41. The molecule has 23 heavy (non-hydrogen) atoms. The van der Waals surface area contributed by atoms with Crippen LogP contribution in [0.15, 0.2) is 42.5 Å². The predicted octanol–water partition coefficient (Wildman–Crippen LogP) is 3.31. The zero-order valence-corrected chi connectivity index (χ0v) is 14.3. The molecular weight excluding hydrogens is 332 g/mol. The highest BCUT2D eigenvalue weighted by Crippen LogP contribution is 2.24. The lowest BCUT2D eigenvalue weighted by Crippen LogP contribution is -2.22. The molecule has 0 aliphatic carbocycles. The fourth-order valence-corrected chi connectivity index (χ4v) is 2.45. The van der Waals surface area contributed by atoms with E-state index >= 15 is 0 Å². The third-order valence-electron chi connectivity index (χ3n) is 3.10. The lowest BCUT2D eigenvalue weighted by molar-refractivity contribution is 0.100. The van der Waals surface area contributed by atoms with Gasteiger partial charge in [0.2, 0.25) is 0 Å². The Balaban J connectivity index is 2.16. The van der Waals surface area contributed by atoms with Gasteiger partial charge < -0.3 is 21.3 Å². The van der Waals surface area contributed by atoms with Crippen LogP contribution < -0.4 is 21.3 Å². The highest BCUT2D eigenvalue weighted by Gasteiger charge is 2.09. The molecule has 0 spiro atoms. The first-order valence-corrected chi connectivity index (χ1v) is 7.60. The van der Waals surface area contributed by atoms with Crippen molar-refractivity contribution >= 4 is 51.9 Å². The van der Waals surface area contributed by atoms with Gasteiger partial charge in [0, 0.05) is 30.5 Å². The van der Waals surface area contributed by atoms with E-state index in [1.54, 1.807) is 30.3 Å². The molecule has 2 rings (SSSR count). The second-order valence-electron chi connectivity index (χ2n) is 5.08. The van der Waals surface area contributed by atoms with Crippen LogP contribution in [0.1, 0.15) is 10.4 Å². The van der Waals surface area contributed by atoms with Crippen LogP contribution >= 0.6 is 23.8 Å². The summed E-state index contributed by atoms with van der Waals surface area (Å²) in [6.07, 6.45) is 0. The van der Waals surface area contributed by atoms with Crippen molar-refractivity contribution in [2.75, 3.05) is 29.6 Å². The second kappa shape index (κ2) is 7.30. The Bertz CT molecular complexity index is 749. The summed E-state index contributed by atoms with van der Waals surface area (Å²) in [5.41, 5.74) is 7.96. The molecule has 0 fully saturated rings. The van der Waals surface area contributed by atoms with Crippen molar-refractivity contribution in [2.24, 2.45) is 5.73 Å². The van der Waals surface area contributed by atoms with Crippen molar-refractivity contribution in [3.63, 3.8) is 0 Å². The topological polar surface area (TPSA) is 70.4 Å². The highest BCUT2D eigenvalue weighted by molar-refractivity contribution is 7.80. The van der Waals surface area contributed by atoms with Gasteiger partial charge in [0.1, 0.15) is 0 Å². The average Bonchev–Trinajstić information content (AvgIpc) is 2.46. The van der Waals surface area contributed by atoms with Crippen molar-refractivity contribution < 1.29 is 4.79 Å². The number of halogens is 1. The molecule has 0 aromatic heterocycles. The maximum Gasteiger partial charge on any atom is 0.250 e. The summed E-state index contributed by atoms with van der Waals surface area (Å²) in [7, 11) is 3.85. The van der Waals surface area contributed by atoms with Gasteiger partial charge >= 0.3 is 0 Å². The summed E-state index contributed by atoms with van der Waals surface area (Å²) in [6.45, 7) is 0. The lowest BCUT2D eigenvalue weighted by atomic mass is 10.1. The van der Waals surface area contributed by atoms with Gasteiger partial charge in [0.15, 0.2) is 5.11 Å². The highest BCUT2D eigenvalue weighted by atomic mass is 35.5. The number of nitrogens with one attached hydrogen (secondary N) is 2. The Morgan fingerprint density at radius 1 is 1.17 bits per heavy atom. The van der Waals surface area contributed by atoms with Crippen molar-refractivity contribution in [2.45, 2.75) is 0 Å². The number of primary amides is 1. The SMILES string of the molecule is CN(C)c1cc(Cl)cc(NC(=S)Nc2ccccc2C(N)=O)c1. The number of thiocarbonyl (C=S) groups is 1.